The normalized spacial score (nSPS) is 22.5. The number of nitrogens with one attached hydrogen (secondary N) is 1. The average Bonchev–Trinajstić information content (AvgIpc) is 2.90. The zero-order chi connectivity index (χ0) is 11.4. The van der Waals surface area contributed by atoms with E-state index in [4.69, 9.17) is 4.74 Å². The van der Waals surface area contributed by atoms with Crippen molar-refractivity contribution in [2.24, 2.45) is 7.05 Å². The van der Waals surface area contributed by atoms with Crippen LogP contribution in [0.3, 0.4) is 0 Å². The van der Waals surface area contributed by atoms with E-state index in [1.54, 1.807) is 0 Å². The highest BCUT2D eigenvalue weighted by atomic mass is 16.5. The predicted molar refractivity (Wildman–Crippen MR) is 63.4 cm³/mol. The van der Waals surface area contributed by atoms with Gasteiger partial charge in [-0.25, -0.2) is 4.98 Å². The van der Waals surface area contributed by atoms with E-state index in [1.807, 2.05) is 19.4 Å². The highest BCUT2D eigenvalue weighted by Gasteiger charge is 2.26. The summed E-state index contributed by atoms with van der Waals surface area (Å²) in [5, 5.41) is 3.51. The lowest BCUT2D eigenvalue weighted by molar-refractivity contribution is 0.0781. The van der Waals surface area contributed by atoms with Gasteiger partial charge in [0.1, 0.15) is 5.82 Å². The van der Waals surface area contributed by atoms with Gasteiger partial charge in [0.05, 0.1) is 6.10 Å². The molecule has 0 amide bonds. The molecule has 2 unspecified atom stereocenters. The third-order valence-electron chi connectivity index (χ3n) is 3.20. The van der Waals surface area contributed by atoms with E-state index >= 15 is 0 Å². The second kappa shape index (κ2) is 5.46. The van der Waals surface area contributed by atoms with E-state index in [-0.39, 0.29) is 0 Å². The van der Waals surface area contributed by atoms with E-state index in [0.29, 0.717) is 12.1 Å². The summed E-state index contributed by atoms with van der Waals surface area (Å²) in [6.07, 6.45) is 7.51. The fourth-order valence-electron chi connectivity index (χ4n) is 2.31. The molecule has 4 nitrogen and oxygen atoms in total. The molecule has 0 spiro atoms. The Labute approximate surface area is 97.0 Å². The van der Waals surface area contributed by atoms with Crippen LogP contribution >= 0.6 is 0 Å². The standard InChI is InChI=1S/C12H21N3O/c1-3-13-10(11-5-4-8-16-11)9-12-14-6-7-15(12)2/h6-7,10-11,13H,3-5,8-9H2,1-2H3. The highest BCUT2D eigenvalue weighted by Crippen LogP contribution is 2.18. The largest absolute Gasteiger partial charge is 0.377 e. The molecule has 2 heterocycles. The van der Waals surface area contributed by atoms with Crippen LogP contribution in [-0.4, -0.2) is 34.8 Å². The Morgan fingerprint density at radius 3 is 3.12 bits per heavy atom. The van der Waals surface area contributed by atoms with Gasteiger partial charge in [-0.05, 0) is 19.4 Å². The number of ether oxygens (including phenoxy) is 1. The zero-order valence-corrected chi connectivity index (χ0v) is 10.1. The minimum absolute atomic E-state index is 0.358. The van der Waals surface area contributed by atoms with Crippen LogP contribution in [0, 0.1) is 0 Å². The lowest BCUT2D eigenvalue weighted by atomic mass is 10.0. The van der Waals surface area contributed by atoms with Gasteiger partial charge in [0.15, 0.2) is 0 Å². The molecule has 2 rings (SSSR count). The molecular formula is C12H21N3O. The van der Waals surface area contributed by atoms with Crippen molar-refractivity contribution in [3.8, 4) is 0 Å². The second-order valence-corrected chi connectivity index (χ2v) is 4.37. The number of hydrogen-bond acceptors (Lipinski definition) is 3. The van der Waals surface area contributed by atoms with Gasteiger partial charge in [0.2, 0.25) is 0 Å². The third-order valence-corrected chi connectivity index (χ3v) is 3.20. The van der Waals surface area contributed by atoms with E-state index in [2.05, 4.69) is 21.8 Å². The number of likely N-dealkylation sites (N-methyl/N-ethyl adjacent to an activating group) is 1. The van der Waals surface area contributed by atoms with E-state index in [9.17, 15) is 0 Å². The smallest absolute Gasteiger partial charge is 0.110 e. The summed E-state index contributed by atoms with van der Waals surface area (Å²) in [4.78, 5) is 4.38. The summed E-state index contributed by atoms with van der Waals surface area (Å²) in [7, 11) is 2.04. The third kappa shape index (κ3) is 2.62. The lowest BCUT2D eigenvalue weighted by Gasteiger charge is -2.23. The Kier molecular flexibility index (Phi) is 3.96. The maximum Gasteiger partial charge on any atom is 0.110 e. The van der Waals surface area contributed by atoms with Gasteiger partial charge in [-0.1, -0.05) is 6.92 Å². The van der Waals surface area contributed by atoms with Crippen LogP contribution in [0.25, 0.3) is 0 Å². The van der Waals surface area contributed by atoms with Crippen molar-refractivity contribution in [1.29, 1.82) is 0 Å². The van der Waals surface area contributed by atoms with E-state index in [1.165, 1.54) is 12.8 Å². The number of rotatable bonds is 5. The molecule has 90 valence electrons. The van der Waals surface area contributed by atoms with Gasteiger partial charge in [-0.15, -0.1) is 0 Å². The van der Waals surface area contributed by atoms with Gasteiger partial charge >= 0.3 is 0 Å². The first-order valence-corrected chi connectivity index (χ1v) is 6.12. The number of aromatic nitrogens is 2. The lowest BCUT2D eigenvalue weighted by Crippen LogP contribution is -2.41. The average molecular weight is 223 g/mol. The van der Waals surface area contributed by atoms with E-state index in [0.717, 1.165) is 25.4 Å². The number of aryl methyl sites for hydroxylation is 1. The molecule has 16 heavy (non-hydrogen) atoms. The van der Waals surface area contributed by atoms with Crippen molar-refractivity contribution >= 4 is 0 Å². The summed E-state index contributed by atoms with van der Waals surface area (Å²) < 4.78 is 7.84. The van der Waals surface area contributed by atoms with Crippen molar-refractivity contribution in [2.75, 3.05) is 13.2 Å². The zero-order valence-electron chi connectivity index (χ0n) is 10.1. The topological polar surface area (TPSA) is 39.1 Å². The second-order valence-electron chi connectivity index (χ2n) is 4.37. The van der Waals surface area contributed by atoms with E-state index < -0.39 is 0 Å². The van der Waals surface area contributed by atoms with Gasteiger partial charge in [-0.2, -0.15) is 0 Å². The van der Waals surface area contributed by atoms with Crippen LogP contribution in [0.15, 0.2) is 12.4 Å². The molecule has 2 atom stereocenters. The first-order valence-electron chi connectivity index (χ1n) is 6.12. The van der Waals surface area contributed by atoms with Gasteiger partial charge in [0.25, 0.3) is 0 Å². The molecule has 1 fully saturated rings. The Hall–Kier alpha value is -0.870. The van der Waals surface area contributed by atoms with Crippen molar-refractivity contribution < 1.29 is 4.74 Å². The molecule has 1 aliphatic heterocycles. The molecule has 1 aliphatic rings. The SMILES string of the molecule is CCNC(Cc1nccn1C)C1CCCO1. The summed E-state index contributed by atoms with van der Waals surface area (Å²) in [5.74, 6) is 1.13. The van der Waals surface area contributed by atoms with Gasteiger partial charge in [-0.3, -0.25) is 0 Å². The Morgan fingerprint density at radius 2 is 2.56 bits per heavy atom. The maximum absolute atomic E-state index is 5.76. The van der Waals surface area contributed by atoms with Gasteiger partial charge < -0.3 is 14.6 Å². The minimum atomic E-state index is 0.358. The Balaban J connectivity index is 1.99. The minimum Gasteiger partial charge on any atom is -0.377 e. The van der Waals surface area contributed by atoms with Crippen LogP contribution in [0.5, 0.6) is 0 Å². The van der Waals surface area contributed by atoms with Crippen molar-refractivity contribution in [3.05, 3.63) is 18.2 Å². The molecule has 0 radical (unpaired) electrons. The first kappa shape index (κ1) is 11.6. The maximum atomic E-state index is 5.76. The summed E-state index contributed by atoms with van der Waals surface area (Å²) in [6.45, 7) is 4.03. The molecule has 0 saturated carbocycles. The molecular weight excluding hydrogens is 202 g/mol. The number of nitrogens with zero attached hydrogens (tertiary/aromatic N) is 2. The summed E-state index contributed by atoms with van der Waals surface area (Å²) in [6, 6.07) is 0.397. The molecule has 4 heteroatoms. The van der Waals surface area contributed by atoms with Crippen molar-refractivity contribution in [2.45, 2.75) is 38.3 Å². The molecule has 0 bridgehead atoms. The first-order chi connectivity index (χ1) is 7.81. The Bertz CT molecular complexity index is 318. The van der Waals surface area contributed by atoms with Crippen LogP contribution in [0.4, 0.5) is 0 Å². The van der Waals surface area contributed by atoms with Crippen LogP contribution in [0.2, 0.25) is 0 Å². The quantitative estimate of drug-likeness (QED) is 0.813. The fourth-order valence-corrected chi connectivity index (χ4v) is 2.31. The van der Waals surface area contributed by atoms with Crippen molar-refractivity contribution in [3.63, 3.8) is 0 Å². The summed E-state index contributed by atoms with van der Waals surface area (Å²) in [5.41, 5.74) is 0. The molecule has 1 N–H and O–H groups in total. The predicted octanol–water partition coefficient (Wildman–Crippen LogP) is 1.12. The number of imidazole rings is 1. The summed E-state index contributed by atoms with van der Waals surface area (Å²) >= 11 is 0. The Morgan fingerprint density at radius 1 is 1.69 bits per heavy atom. The van der Waals surface area contributed by atoms with Crippen LogP contribution < -0.4 is 5.32 Å². The van der Waals surface area contributed by atoms with Crippen LogP contribution in [-0.2, 0) is 18.2 Å². The van der Waals surface area contributed by atoms with Crippen LogP contribution in [0.1, 0.15) is 25.6 Å². The molecule has 1 aromatic heterocycles. The molecule has 0 aromatic carbocycles. The number of hydrogen-bond donors (Lipinski definition) is 1. The monoisotopic (exact) mass is 223 g/mol. The fraction of sp³-hybridized carbons (Fsp3) is 0.750. The molecule has 0 aliphatic carbocycles. The highest BCUT2D eigenvalue weighted by molar-refractivity contribution is 4.97. The van der Waals surface area contributed by atoms with Crippen molar-refractivity contribution in [1.82, 2.24) is 14.9 Å². The molecule has 1 saturated heterocycles. The van der Waals surface area contributed by atoms with Gasteiger partial charge in [0, 0.05) is 38.5 Å². The molecule has 1 aromatic rings.